The molecular formula is C16H34N2S. The number of rotatable bonds is 5. The van der Waals surface area contributed by atoms with Crippen molar-refractivity contribution in [1.82, 2.24) is 10.2 Å². The van der Waals surface area contributed by atoms with E-state index in [1.54, 1.807) is 0 Å². The molecule has 0 amide bonds. The molecule has 1 aliphatic rings. The summed E-state index contributed by atoms with van der Waals surface area (Å²) in [4.78, 5) is 2.66. The number of thioether (sulfide) groups is 1. The maximum absolute atomic E-state index is 3.66. The maximum atomic E-state index is 3.66. The zero-order valence-corrected chi connectivity index (χ0v) is 14.7. The number of nitrogens with zero attached hydrogens (tertiary/aromatic N) is 1. The van der Waals surface area contributed by atoms with Gasteiger partial charge in [0, 0.05) is 23.1 Å². The average molecular weight is 287 g/mol. The first-order valence-corrected chi connectivity index (χ1v) is 8.83. The van der Waals surface area contributed by atoms with Gasteiger partial charge in [-0.15, -0.1) is 0 Å². The third-order valence-electron chi connectivity index (χ3n) is 4.16. The Balaban J connectivity index is 2.42. The summed E-state index contributed by atoms with van der Waals surface area (Å²) in [5.41, 5.74) is 0.357. The lowest BCUT2D eigenvalue weighted by molar-refractivity contribution is 0.209. The van der Waals surface area contributed by atoms with Crippen LogP contribution in [-0.4, -0.2) is 47.6 Å². The first kappa shape index (κ1) is 17.3. The molecule has 1 atom stereocenters. The zero-order chi connectivity index (χ0) is 14.5. The minimum absolute atomic E-state index is 0.357. The van der Waals surface area contributed by atoms with Crippen LogP contribution in [0.4, 0.5) is 0 Å². The molecule has 0 radical (unpaired) electrons. The predicted molar refractivity (Wildman–Crippen MR) is 89.1 cm³/mol. The Bertz CT molecular complexity index is 258. The van der Waals surface area contributed by atoms with Gasteiger partial charge in [0.25, 0.3) is 0 Å². The summed E-state index contributed by atoms with van der Waals surface area (Å²) in [5.74, 6) is 1.29. The molecule has 3 heteroatoms. The van der Waals surface area contributed by atoms with Crippen molar-refractivity contribution in [3.05, 3.63) is 0 Å². The highest BCUT2D eigenvalue weighted by atomic mass is 32.2. The first-order valence-electron chi connectivity index (χ1n) is 7.84. The first-order chi connectivity index (χ1) is 8.74. The second-order valence-electron chi connectivity index (χ2n) is 7.46. The van der Waals surface area contributed by atoms with Crippen LogP contribution in [0.2, 0.25) is 0 Å². The molecule has 1 unspecified atom stereocenters. The summed E-state index contributed by atoms with van der Waals surface area (Å²) in [5, 5.41) is 3.66. The Labute approximate surface area is 125 Å². The van der Waals surface area contributed by atoms with E-state index in [1.807, 2.05) is 0 Å². The van der Waals surface area contributed by atoms with Crippen molar-refractivity contribution < 1.29 is 0 Å². The van der Waals surface area contributed by atoms with E-state index in [2.05, 4.69) is 63.5 Å². The van der Waals surface area contributed by atoms with Crippen molar-refractivity contribution in [1.29, 1.82) is 0 Å². The van der Waals surface area contributed by atoms with E-state index in [4.69, 9.17) is 0 Å². The SMILES string of the molecule is CCNC(CCN1CCSC(C)(C)CC1)C(C)(C)C. The van der Waals surface area contributed by atoms with Crippen LogP contribution in [-0.2, 0) is 0 Å². The molecule has 0 aromatic carbocycles. The molecule has 0 bridgehead atoms. The zero-order valence-electron chi connectivity index (χ0n) is 13.9. The molecule has 1 saturated heterocycles. The average Bonchev–Trinajstić information content (AvgIpc) is 2.44. The van der Waals surface area contributed by atoms with Crippen molar-refractivity contribution in [2.45, 2.75) is 65.2 Å². The Morgan fingerprint density at radius 3 is 2.53 bits per heavy atom. The third-order valence-corrected chi connectivity index (χ3v) is 5.53. The Kier molecular flexibility index (Phi) is 6.68. The maximum Gasteiger partial charge on any atom is 0.0128 e. The van der Waals surface area contributed by atoms with Crippen LogP contribution in [0.5, 0.6) is 0 Å². The van der Waals surface area contributed by atoms with Gasteiger partial charge in [-0.1, -0.05) is 41.5 Å². The standard InChI is InChI=1S/C16H34N2S/c1-7-17-14(15(2,3)4)8-10-18-11-9-16(5,6)19-13-12-18/h14,17H,7-13H2,1-6H3. The molecule has 0 aromatic heterocycles. The molecule has 114 valence electrons. The lowest BCUT2D eigenvalue weighted by atomic mass is 9.84. The van der Waals surface area contributed by atoms with Crippen molar-refractivity contribution in [2.75, 3.05) is 31.9 Å². The molecule has 19 heavy (non-hydrogen) atoms. The molecule has 1 fully saturated rings. The van der Waals surface area contributed by atoms with Gasteiger partial charge in [-0.25, -0.2) is 0 Å². The predicted octanol–water partition coefficient (Wildman–Crippen LogP) is 3.62. The van der Waals surface area contributed by atoms with Gasteiger partial charge in [-0.2, -0.15) is 11.8 Å². The molecule has 0 aliphatic carbocycles. The van der Waals surface area contributed by atoms with E-state index in [9.17, 15) is 0 Å². The Morgan fingerprint density at radius 2 is 1.95 bits per heavy atom. The molecule has 0 spiro atoms. The Hall–Kier alpha value is 0.270. The monoisotopic (exact) mass is 286 g/mol. The molecule has 2 nitrogen and oxygen atoms in total. The summed E-state index contributed by atoms with van der Waals surface area (Å²) in [6.45, 7) is 18.9. The fourth-order valence-electron chi connectivity index (χ4n) is 2.69. The van der Waals surface area contributed by atoms with Gasteiger partial charge in [0.2, 0.25) is 0 Å². The highest BCUT2D eigenvalue weighted by Gasteiger charge is 2.26. The Morgan fingerprint density at radius 1 is 1.26 bits per heavy atom. The van der Waals surface area contributed by atoms with Crippen LogP contribution in [0.1, 0.15) is 54.4 Å². The van der Waals surface area contributed by atoms with Gasteiger partial charge in [-0.05, 0) is 37.9 Å². The summed E-state index contributed by atoms with van der Waals surface area (Å²) < 4.78 is 0.472. The van der Waals surface area contributed by atoms with Crippen LogP contribution in [0, 0.1) is 5.41 Å². The topological polar surface area (TPSA) is 15.3 Å². The summed E-state index contributed by atoms with van der Waals surface area (Å²) in [6, 6.07) is 0.626. The van der Waals surface area contributed by atoms with Crippen LogP contribution in [0.25, 0.3) is 0 Å². The van der Waals surface area contributed by atoms with E-state index < -0.39 is 0 Å². The summed E-state index contributed by atoms with van der Waals surface area (Å²) in [6.07, 6.45) is 2.58. The quantitative estimate of drug-likeness (QED) is 0.831. The van der Waals surface area contributed by atoms with Crippen LogP contribution in [0.15, 0.2) is 0 Å². The number of nitrogens with one attached hydrogen (secondary N) is 1. The van der Waals surface area contributed by atoms with Crippen molar-refractivity contribution in [3.63, 3.8) is 0 Å². The normalized spacial score (nSPS) is 23.1. The number of hydrogen-bond donors (Lipinski definition) is 1. The van der Waals surface area contributed by atoms with E-state index in [-0.39, 0.29) is 0 Å². The third kappa shape index (κ3) is 6.50. The van der Waals surface area contributed by atoms with E-state index in [0.29, 0.717) is 16.2 Å². The molecule has 1 aliphatic heterocycles. The summed E-state index contributed by atoms with van der Waals surface area (Å²) in [7, 11) is 0. The van der Waals surface area contributed by atoms with Gasteiger partial charge < -0.3 is 10.2 Å². The minimum Gasteiger partial charge on any atom is -0.314 e. The fourth-order valence-corrected chi connectivity index (χ4v) is 3.82. The fraction of sp³-hybridized carbons (Fsp3) is 1.00. The second kappa shape index (κ2) is 7.33. The largest absolute Gasteiger partial charge is 0.314 e. The van der Waals surface area contributed by atoms with Crippen LogP contribution in [0.3, 0.4) is 0 Å². The molecule has 1 rings (SSSR count). The smallest absolute Gasteiger partial charge is 0.0128 e. The van der Waals surface area contributed by atoms with Crippen molar-refractivity contribution >= 4 is 11.8 Å². The van der Waals surface area contributed by atoms with Gasteiger partial charge >= 0.3 is 0 Å². The molecule has 0 saturated carbocycles. The van der Waals surface area contributed by atoms with Crippen molar-refractivity contribution in [2.24, 2.45) is 5.41 Å². The van der Waals surface area contributed by atoms with E-state index in [0.717, 1.165) is 6.54 Å². The van der Waals surface area contributed by atoms with Gasteiger partial charge in [0.15, 0.2) is 0 Å². The van der Waals surface area contributed by atoms with Gasteiger partial charge in [0.05, 0.1) is 0 Å². The molecule has 1 heterocycles. The van der Waals surface area contributed by atoms with E-state index in [1.165, 1.54) is 38.2 Å². The van der Waals surface area contributed by atoms with Gasteiger partial charge in [0.1, 0.15) is 0 Å². The highest BCUT2D eigenvalue weighted by molar-refractivity contribution is 8.00. The number of hydrogen-bond acceptors (Lipinski definition) is 3. The minimum atomic E-state index is 0.357. The highest BCUT2D eigenvalue weighted by Crippen LogP contribution is 2.31. The van der Waals surface area contributed by atoms with Crippen molar-refractivity contribution in [3.8, 4) is 0 Å². The second-order valence-corrected chi connectivity index (χ2v) is 9.27. The lowest BCUT2D eigenvalue weighted by Crippen LogP contribution is -2.43. The van der Waals surface area contributed by atoms with Crippen LogP contribution >= 0.6 is 11.8 Å². The lowest BCUT2D eigenvalue weighted by Gasteiger charge is -2.33. The molecule has 0 aromatic rings. The summed E-state index contributed by atoms with van der Waals surface area (Å²) >= 11 is 2.14. The molecule has 1 N–H and O–H groups in total. The van der Waals surface area contributed by atoms with E-state index >= 15 is 0 Å². The molecular weight excluding hydrogens is 252 g/mol. The van der Waals surface area contributed by atoms with Crippen LogP contribution < -0.4 is 5.32 Å². The van der Waals surface area contributed by atoms with Gasteiger partial charge in [-0.3, -0.25) is 0 Å².